The van der Waals surface area contributed by atoms with Gasteiger partial charge < -0.3 is 4.90 Å². The third kappa shape index (κ3) is 6.40. The van der Waals surface area contributed by atoms with Crippen LogP contribution in [0.3, 0.4) is 0 Å². The van der Waals surface area contributed by atoms with Gasteiger partial charge in [0.15, 0.2) is 0 Å². The number of anilines is 3. The molecular weight excluding hydrogens is 791 g/mol. The van der Waals surface area contributed by atoms with Crippen molar-refractivity contribution in [2.75, 3.05) is 4.90 Å². The SMILES string of the molecule is c1ccc2cc(-c3ccc4c(ccc5cc(N(c6ccc(-c7cnc8c(c7)ncc7ccccc78)cc6)c6ccc(-c7cnc8c(c7)ncc7ccccc78)cc6)ccc54)c3)ccc2c1. The van der Waals surface area contributed by atoms with E-state index >= 15 is 0 Å². The van der Waals surface area contributed by atoms with Gasteiger partial charge in [-0.2, -0.15) is 0 Å². The molecule has 5 nitrogen and oxygen atoms in total. The standard InChI is InChI=1S/C60H37N5/c1-2-8-41-29-42(14-13-38(41)7-1)43-21-27-53-44(30-43)15-16-45-31-52(26-28-54(45)53)65(50-22-17-39(18-23-50)48-32-57-59(63-36-48)55-11-5-3-9-46(55)34-61-57)51-24-19-40(20-25-51)49-33-58-60(64-37-49)56-12-6-4-10-47(56)35-62-58/h1-37H. The summed E-state index contributed by atoms with van der Waals surface area (Å²) >= 11 is 0. The van der Waals surface area contributed by atoms with E-state index < -0.39 is 0 Å². The average Bonchev–Trinajstić information content (AvgIpc) is 3.38. The van der Waals surface area contributed by atoms with Crippen LogP contribution in [0.4, 0.5) is 17.1 Å². The van der Waals surface area contributed by atoms with E-state index in [1.54, 1.807) is 0 Å². The number of nitrogens with zero attached hydrogens (tertiary/aromatic N) is 5. The normalized spacial score (nSPS) is 11.7. The molecule has 4 aromatic heterocycles. The molecular formula is C60H37N5. The lowest BCUT2D eigenvalue weighted by Gasteiger charge is -2.26. The third-order valence-electron chi connectivity index (χ3n) is 12.9. The molecule has 4 heterocycles. The third-order valence-corrected chi connectivity index (χ3v) is 12.9. The van der Waals surface area contributed by atoms with Crippen LogP contribution in [0.15, 0.2) is 225 Å². The Labute approximate surface area is 374 Å². The summed E-state index contributed by atoms with van der Waals surface area (Å²) in [7, 11) is 0. The summed E-state index contributed by atoms with van der Waals surface area (Å²) in [5.74, 6) is 0. The lowest BCUT2D eigenvalue weighted by molar-refractivity contribution is 1.29. The molecule has 0 N–H and O–H groups in total. The molecule has 0 saturated heterocycles. The first kappa shape index (κ1) is 36.8. The number of fused-ring (bicyclic) bond motifs is 10. The fraction of sp³-hybridized carbons (Fsp3) is 0. The van der Waals surface area contributed by atoms with E-state index in [1.165, 1.54) is 43.4 Å². The summed E-state index contributed by atoms with van der Waals surface area (Å²) in [6.07, 6.45) is 7.78. The Morgan fingerprint density at radius 2 is 0.677 bits per heavy atom. The monoisotopic (exact) mass is 827 g/mol. The quantitative estimate of drug-likeness (QED) is 0.156. The lowest BCUT2D eigenvalue weighted by atomic mass is 9.96. The Morgan fingerprint density at radius 3 is 1.26 bits per heavy atom. The van der Waals surface area contributed by atoms with Crippen molar-refractivity contribution in [1.29, 1.82) is 0 Å². The first-order valence-corrected chi connectivity index (χ1v) is 21.9. The average molecular weight is 828 g/mol. The second kappa shape index (κ2) is 14.9. The van der Waals surface area contributed by atoms with E-state index in [4.69, 9.17) is 19.9 Å². The van der Waals surface area contributed by atoms with Crippen molar-refractivity contribution < 1.29 is 0 Å². The van der Waals surface area contributed by atoms with Crippen molar-refractivity contribution in [3.63, 3.8) is 0 Å². The number of hydrogen-bond acceptors (Lipinski definition) is 5. The van der Waals surface area contributed by atoms with Crippen molar-refractivity contribution in [2.24, 2.45) is 0 Å². The summed E-state index contributed by atoms with van der Waals surface area (Å²) < 4.78 is 0. The molecule has 0 atom stereocenters. The van der Waals surface area contributed by atoms with E-state index in [2.05, 4.69) is 193 Å². The molecule has 0 fully saturated rings. The molecule has 0 aliphatic carbocycles. The number of rotatable bonds is 6. The van der Waals surface area contributed by atoms with E-state index in [-0.39, 0.29) is 0 Å². The van der Waals surface area contributed by atoms with Crippen LogP contribution >= 0.6 is 0 Å². The van der Waals surface area contributed by atoms with Crippen LogP contribution in [-0.2, 0) is 0 Å². The molecule has 0 saturated carbocycles. The van der Waals surface area contributed by atoms with Gasteiger partial charge in [-0.3, -0.25) is 19.9 Å². The maximum atomic E-state index is 4.90. The van der Waals surface area contributed by atoms with Gasteiger partial charge in [0.25, 0.3) is 0 Å². The number of aromatic nitrogens is 4. The van der Waals surface area contributed by atoms with Crippen LogP contribution in [-0.4, -0.2) is 19.9 Å². The zero-order valence-corrected chi connectivity index (χ0v) is 35.1. The first-order valence-electron chi connectivity index (χ1n) is 21.9. The predicted octanol–water partition coefficient (Wildman–Crippen LogP) is 15.8. The highest BCUT2D eigenvalue weighted by Gasteiger charge is 2.16. The maximum absolute atomic E-state index is 4.90. The van der Waals surface area contributed by atoms with Crippen LogP contribution in [0.25, 0.3) is 109 Å². The molecule has 65 heavy (non-hydrogen) atoms. The van der Waals surface area contributed by atoms with E-state index in [0.717, 1.165) is 82.9 Å². The van der Waals surface area contributed by atoms with Gasteiger partial charge >= 0.3 is 0 Å². The van der Waals surface area contributed by atoms with Gasteiger partial charge in [-0.25, -0.2) is 0 Å². The summed E-state index contributed by atoms with van der Waals surface area (Å²) in [6, 6.07) is 71.8. The second-order valence-corrected chi connectivity index (χ2v) is 16.8. The Kier molecular flexibility index (Phi) is 8.46. The summed E-state index contributed by atoms with van der Waals surface area (Å²) in [4.78, 5) is 21.7. The minimum absolute atomic E-state index is 0.881. The summed E-state index contributed by atoms with van der Waals surface area (Å²) in [5.41, 5.74) is 13.4. The zero-order chi connectivity index (χ0) is 42.8. The van der Waals surface area contributed by atoms with Crippen molar-refractivity contribution in [2.45, 2.75) is 0 Å². The fourth-order valence-corrected chi connectivity index (χ4v) is 9.56. The molecule has 13 rings (SSSR count). The van der Waals surface area contributed by atoms with Crippen LogP contribution in [0.5, 0.6) is 0 Å². The smallest absolute Gasteiger partial charge is 0.0965 e. The molecule has 0 bridgehead atoms. The maximum Gasteiger partial charge on any atom is 0.0965 e. The van der Waals surface area contributed by atoms with E-state index in [1.807, 2.05) is 36.9 Å². The predicted molar refractivity (Wildman–Crippen MR) is 271 cm³/mol. The molecule has 0 spiro atoms. The fourth-order valence-electron chi connectivity index (χ4n) is 9.56. The van der Waals surface area contributed by atoms with Gasteiger partial charge in [-0.05, 0) is 115 Å². The molecule has 0 aliphatic heterocycles. The molecule has 5 heteroatoms. The second-order valence-electron chi connectivity index (χ2n) is 16.8. The molecule has 0 radical (unpaired) electrons. The number of benzene rings is 9. The highest BCUT2D eigenvalue weighted by atomic mass is 15.1. The molecule has 0 aliphatic rings. The Hall–Kier alpha value is -8.80. The Morgan fingerprint density at radius 1 is 0.246 bits per heavy atom. The number of pyridine rings is 4. The minimum Gasteiger partial charge on any atom is -0.310 e. The molecule has 0 unspecified atom stereocenters. The van der Waals surface area contributed by atoms with Crippen molar-refractivity contribution >= 4 is 93.0 Å². The minimum atomic E-state index is 0.881. The van der Waals surface area contributed by atoms with Gasteiger partial charge in [-0.1, -0.05) is 140 Å². The first-order chi connectivity index (χ1) is 32.2. The Balaban J connectivity index is 0.882. The van der Waals surface area contributed by atoms with Gasteiger partial charge in [-0.15, -0.1) is 0 Å². The van der Waals surface area contributed by atoms with E-state index in [0.29, 0.717) is 0 Å². The lowest BCUT2D eigenvalue weighted by Crippen LogP contribution is -2.09. The Bertz CT molecular complexity index is 3850. The molecule has 9 aromatic carbocycles. The highest BCUT2D eigenvalue weighted by Crippen LogP contribution is 2.40. The number of hydrogen-bond donors (Lipinski definition) is 0. The largest absolute Gasteiger partial charge is 0.310 e. The highest BCUT2D eigenvalue weighted by molar-refractivity contribution is 6.10. The van der Waals surface area contributed by atoms with Crippen LogP contribution in [0, 0.1) is 0 Å². The summed E-state index contributed by atoms with van der Waals surface area (Å²) in [6.45, 7) is 0. The molecule has 13 aromatic rings. The van der Waals surface area contributed by atoms with Crippen LogP contribution < -0.4 is 4.90 Å². The molecule has 0 amide bonds. The van der Waals surface area contributed by atoms with Crippen LogP contribution in [0.2, 0.25) is 0 Å². The van der Waals surface area contributed by atoms with Gasteiger partial charge in [0.05, 0.1) is 22.1 Å². The zero-order valence-electron chi connectivity index (χ0n) is 35.1. The van der Waals surface area contributed by atoms with Crippen molar-refractivity contribution in [3.8, 4) is 33.4 Å². The van der Waals surface area contributed by atoms with Crippen molar-refractivity contribution in [1.82, 2.24) is 19.9 Å². The van der Waals surface area contributed by atoms with Gasteiger partial charge in [0.1, 0.15) is 0 Å². The topological polar surface area (TPSA) is 54.8 Å². The van der Waals surface area contributed by atoms with Gasteiger partial charge in [0.2, 0.25) is 0 Å². The molecule has 302 valence electrons. The van der Waals surface area contributed by atoms with Crippen LogP contribution in [0.1, 0.15) is 0 Å². The van der Waals surface area contributed by atoms with E-state index in [9.17, 15) is 0 Å². The van der Waals surface area contributed by atoms with Crippen molar-refractivity contribution in [3.05, 3.63) is 225 Å². The van der Waals surface area contributed by atoms with Gasteiger partial charge in [0, 0.05) is 74.5 Å². The summed E-state index contributed by atoms with van der Waals surface area (Å²) in [5, 5.41) is 11.7.